The Morgan fingerprint density at radius 1 is 1.21 bits per heavy atom. The highest BCUT2D eigenvalue weighted by Gasteiger charge is 2.16. The van der Waals surface area contributed by atoms with Crippen LogP contribution in [-0.2, 0) is 29.9 Å². The van der Waals surface area contributed by atoms with Crippen LogP contribution in [0.3, 0.4) is 0 Å². The van der Waals surface area contributed by atoms with Crippen LogP contribution in [0.2, 0.25) is 0 Å². The second-order valence-electron chi connectivity index (χ2n) is 5.10. The molecule has 0 aromatic rings. The Kier molecular flexibility index (Phi) is 7.59. The lowest BCUT2D eigenvalue weighted by Crippen LogP contribution is -2.25. The molecule has 0 aromatic heterocycles. The Bertz CT molecular complexity index is 368. The van der Waals surface area contributed by atoms with Gasteiger partial charge in [-0.1, -0.05) is 6.58 Å². The van der Waals surface area contributed by atoms with E-state index in [1.165, 1.54) is 0 Å². The molecule has 0 aliphatic rings. The van der Waals surface area contributed by atoms with Crippen molar-refractivity contribution in [2.45, 2.75) is 39.7 Å². The van der Waals surface area contributed by atoms with Crippen molar-refractivity contribution in [2.24, 2.45) is 0 Å². The standard InChI is InChI=1S/C13H22O5S/c1-10(2)12(15)17-7-9-19(16)8-6-11(14)18-13(3,4)5/h1,6-9H2,2-5H3. The predicted octanol–water partition coefficient (Wildman–Crippen LogP) is 1.59. The number of rotatable bonds is 7. The molecule has 0 N–H and O–H groups in total. The summed E-state index contributed by atoms with van der Waals surface area (Å²) in [5.74, 6) is -0.453. The number of hydrogen-bond donors (Lipinski definition) is 0. The van der Waals surface area contributed by atoms with Gasteiger partial charge in [-0.25, -0.2) is 4.79 Å². The molecule has 1 unspecified atom stereocenters. The quantitative estimate of drug-likeness (QED) is 0.526. The highest BCUT2D eigenvalue weighted by atomic mass is 32.2. The van der Waals surface area contributed by atoms with E-state index in [1.807, 2.05) is 0 Å². The monoisotopic (exact) mass is 290 g/mol. The van der Waals surface area contributed by atoms with Crippen molar-refractivity contribution < 1.29 is 23.3 Å². The van der Waals surface area contributed by atoms with Crippen LogP contribution in [0, 0.1) is 0 Å². The third-order valence-corrected chi connectivity index (χ3v) is 3.13. The maximum Gasteiger partial charge on any atom is 0.333 e. The third-order valence-electron chi connectivity index (χ3n) is 1.85. The van der Waals surface area contributed by atoms with Gasteiger partial charge in [0.05, 0.1) is 12.2 Å². The summed E-state index contributed by atoms with van der Waals surface area (Å²) in [5, 5.41) is 0. The zero-order valence-electron chi connectivity index (χ0n) is 12.0. The summed E-state index contributed by atoms with van der Waals surface area (Å²) in [5.41, 5.74) is -0.227. The molecule has 0 saturated heterocycles. The second-order valence-corrected chi connectivity index (χ2v) is 6.80. The van der Waals surface area contributed by atoms with Gasteiger partial charge in [-0.05, 0) is 27.7 Å². The number of hydrogen-bond acceptors (Lipinski definition) is 5. The van der Waals surface area contributed by atoms with Crippen molar-refractivity contribution >= 4 is 22.7 Å². The Hall–Kier alpha value is -1.17. The summed E-state index contributed by atoms with van der Waals surface area (Å²) in [4.78, 5) is 22.4. The highest BCUT2D eigenvalue weighted by molar-refractivity contribution is 7.85. The van der Waals surface area contributed by atoms with E-state index in [1.54, 1.807) is 27.7 Å². The van der Waals surface area contributed by atoms with E-state index in [4.69, 9.17) is 9.47 Å². The molecule has 6 heteroatoms. The molecule has 0 bridgehead atoms. The molecule has 0 spiro atoms. The Morgan fingerprint density at radius 3 is 2.26 bits per heavy atom. The second kappa shape index (κ2) is 8.09. The van der Waals surface area contributed by atoms with Gasteiger partial charge in [-0.3, -0.25) is 9.00 Å². The van der Waals surface area contributed by atoms with Gasteiger partial charge in [-0.15, -0.1) is 0 Å². The summed E-state index contributed by atoms with van der Waals surface area (Å²) in [6.07, 6.45) is 0.0955. The predicted molar refractivity (Wildman–Crippen MR) is 74.1 cm³/mol. The molecule has 5 nitrogen and oxygen atoms in total. The molecule has 1 atom stereocenters. The van der Waals surface area contributed by atoms with E-state index in [0.717, 1.165) is 0 Å². The van der Waals surface area contributed by atoms with Crippen molar-refractivity contribution in [3.8, 4) is 0 Å². The fraction of sp³-hybridized carbons (Fsp3) is 0.692. The Morgan fingerprint density at radius 2 is 1.79 bits per heavy atom. The van der Waals surface area contributed by atoms with Crippen molar-refractivity contribution in [1.29, 1.82) is 0 Å². The lowest BCUT2D eigenvalue weighted by molar-refractivity contribution is -0.154. The van der Waals surface area contributed by atoms with E-state index in [9.17, 15) is 13.8 Å². The third kappa shape index (κ3) is 10.4. The van der Waals surface area contributed by atoms with Crippen molar-refractivity contribution in [1.82, 2.24) is 0 Å². The van der Waals surface area contributed by atoms with E-state index in [0.29, 0.717) is 5.57 Å². The van der Waals surface area contributed by atoms with Gasteiger partial charge in [0.2, 0.25) is 0 Å². The molecular weight excluding hydrogens is 268 g/mol. The molecule has 0 fully saturated rings. The van der Waals surface area contributed by atoms with Gasteiger partial charge in [0.25, 0.3) is 0 Å². The summed E-state index contributed by atoms with van der Waals surface area (Å²) < 4.78 is 21.5. The zero-order valence-corrected chi connectivity index (χ0v) is 12.8. The van der Waals surface area contributed by atoms with Crippen LogP contribution in [0.15, 0.2) is 12.2 Å². The topological polar surface area (TPSA) is 69.7 Å². The van der Waals surface area contributed by atoms with Crippen LogP contribution in [0.4, 0.5) is 0 Å². The number of esters is 2. The minimum Gasteiger partial charge on any atom is -0.461 e. The van der Waals surface area contributed by atoms with Crippen LogP contribution in [0.1, 0.15) is 34.1 Å². The Labute approximate surface area is 116 Å². The fourth-order valence-corrected chi connectivity index (χ4v) is 1.91. The molecule has 110 valence electrons. The molecule has 0 rings (SSSR count). The Balaban J connectivity index is 3.79. The van der Waals surface area contributed by atoms with Crippen molar-refractivity contribution in [3.05, 3.63) is 12.2 Å². The molecule has 0 saturated carbocycles. The lowest BCUT2D eigenvalue weighted by atomic mass is 10.2. The summed E-state index contributed by atoms with van der Waals surface area (Å²) in [6.45, 7) is 10.4. The average Bonchev–Trinajstić information content (AvgIpc) is 2.23. The van der Waals surface area contributed by atoms with Crippen LogP contribution >= 0.6 is 0 Å². The first-order valence-electron chi connectivity index (χ1n) is 6.01. The largest absolute Gasteiger partial charge is 0.461 e. The molecule has 0 aromatic carbocycles. The van der Waals surface area contributed by atoms with Gasteiger partial charge >= 0.3 is 11.9 Å². The fourth-order valence-electron chi connectivity index (χ4n) is 1.04. The SMILES string of the molecule is C=C(C)C(=O)OCCS(=O)CCC(=O)OC(C)(C)C. The van der Waals surface area contributed by atoms with E-state index >= 15 is 0 Å². The molecule has 0 heterocycles. The van der Waals surface area contributed by atoms with Gasteiger partial charge in [0.15, 0.2) is 0 Å². The van der Waals surface area contributed by atoms with E-state index in [-0.39, 0.29) is 30.5 Å². The van der Waals surface area contributed by atoms with Crippen molar-refractivity contribution in [3.63, 3.8) is 0 Å². The van der Waals surface area contributed by atoms with Crippen LogP contribution in [0.5, 0.6) is 0 Å². The summed E-state index contributed by atoms with van der Waals surface area (Å²) in [6, 6.07) is 0. The average molecular weight is 290 g/mol. The van der Waals surface area contributed by atoms with Crippen LogP contribution in [-0.4, -0.2) is 39.9 Å². The van der Waals surface area contributed by atoms with Crippen LogP contribution < -0.4 is 0 Å². The molecular formula is C13H22O5S. The molecule has 0 amide bonds. The zero-order chi connectivity index (χ0) is 15.1. The molecule has 0 radical (unpaired) electrons. The van der Waals surface area contributed by atoms with E-state index in [2.05, 4.69) is 6.58 Å². The summed E-state index contributed by atoms with van der Waals surface area (Å²) in [7, 11) is -1.21. The first-order valence-corrected chi connectivity index (χ1v) is 7.50. The normalized spacial score (nSPS) is 12.6. The first kappa shape index (κ1) is 17.8. The smallest absolute Gasteiger partial charge is 0.333 e. The van der Waals surface area contributed by atoms with Gasteiger partial charge in [-0.2, -0.15) is 0 Å². The number of carbonyl (C=O) groups excluding carboxylic acids is 2. The van der Waals surface area contributed by atoms with E-state index < -0.39 is 22.4 Å². The van der Waals surface area contributed by atoms with Crippen LogP contribution in [0.25, 0.3) is 0 Å². The first-order chi connectivity index (χ1) is 8.61. The number of carbonyl (C=O) groups is 2. The van der Waals surface area contributed by atoms with Crippen molar-refractivity contribution in [2.75, 3.05) is 18.1 Å². The summed E-state index contributed by atoms with van der Waals surface area (Å²) >= 11 is 0. The molecule has 19 heavy (non-hydrogen) atoms. The van der Waals surface area contributed by atoms with Gasteiger partial charge < -0.3 is 9.47 Å². The maximum absolute atomic E-state index is 11.6. The van der Waals surface area contributed by atoms with Gasteiger partial charge in [0, 0.05) is 22.1 Å². The molecule has 0 aliphatic carbocycles. The minimum absolute atomic E-state index is 0.0621. The minimum atomic E-state index is -1.21. The lowest BCUT2D eigenvalue weighted by Gasteiger charge is -2.19. The molecule has 0 aliphatic heterocycles. The highest BCUT2D eigenvalue weighted by Crippen LogP contribution is 2.08. The maximum atomic E-state index is 11.6. The number of ether oxygens (including phenoxy) is 2. The van der Waals surface area contributed by atoms with Gasteiger partial charge in [0.1, 0.15) is 12.2 Å².